The van der Waals surface area contributed by atoms with E-state index in [1.54, 1.807) is 0 Å². The summed E-state index contributed by atoms with van der Waals surface area (Å²) in [5.74, 6) is 2.26. The van der Waals surface area contributed by atoms with Gasteiger partial charge in [-0.15, -0.1) is 0 Å². The van der Waals surface area contributed by atoms with Crippen LogP contribution in [0.5, 0.6) is 0 Å². The fraction of sp³-hybridized carbons (Fsp3) is 0.538. The van der Waals surface area contributed by atoms with Crippen LogP contribution >= 0.6 is 11.8 Å². The molecule has 0 bridgehead atoms. The number of nitrogens with one attached hydrogen (secondary N) is 2. The Kier molecular flexibility index (Phi) is 4.66. The van der Waals surface area contributed by atoms with Gasteiger partial charge in [0.25, 0.3) is 5.56 Å². The highest BCUT2D eigenvalue weighted by Crippen LogP contribution is 2.16. The van der Waals surface area contributed by atoms with Gasteiger partial charge in [-0.2, -0.15) is 11.8 Å². The molecule has 0 saturated heterocycles. The van der Waals surface area contributed by atoms with Crippen molar-refractivity contribution >= 4 is 22.8 Å². The molecule has 2 N–H and O–H groups in total. The maximum Gasteiger partial charge on any atom is 0.275 e. The van der Waals surface area contributed by atoms with E-state index < -0.39 is 0 Å². The van der Waals surface area contributed by atoms with E-state index >= 15 is 0 Å². The number of aromatic nitrogens is 3. The minimum absolute atomic E-state index is 0.117. The van der Waals surface area contributed by atoms with Crippen molar-refractivity contribution < 1.29 is 0 Å². The van der Waals surface area contributed by atoms with Gasteiger partial charge in [-0.3, -0.25) is 9.69 Å². The van der Waals surface area contributed by atoms with Crippen LogP contribution in [0.4, 0.5) is 0 Å². The highest BCUT2D eigenvalue weighted by Gasteiger charge is 2.13. The van der Waals surface area contributed by atoms with E-state index in [1.165, 1.54) is 6.33 Å². The fourth-order valence-electron chi connectivity index (χ4n) is 1.97. The molecule has 2 aromatic rings. The average Bonchev–Trinajstić information content (AvgIpc) is 2.80. The predicted molar refractivity (Wildman–Crippen MR) is 80.6 cm³/mol. The van der Waals surface area contributed by atoms with Gasteiger partial charge in [0.15, 0.2) is 0 Å². The standard InChI is InChI=1S/C13H20N4OS/c1-4-19-7-9(2)17(3)6-10-5-14-12-11(10)15-8-16-13(12)18/h5,8-9,14H,4,6-7H2,1-3H3,(H,15,16,18). The van der Waals surface area contributed by atoms with Gasteiger partial charge in [-0.25, -0.2) is 4.98 Å². The van der Waals surface area contributed by atoms with Crippen molar-refractivity contribution in [2.24, 2.45) is 0 Å². The molecule has 1 unspecified atom stereocenters. The summed E-state index contributed by atoms with van der Waals surface area (Å²) >= 11 is 1.94. The molecule has 0 saturated carbocycles. The van der Waals surface area contributed by atoms with E-state index in [-0.39, 0.29) is 5.56 Å². The van der Waals surface area contributed by atoms with Crippen LogP contribution in [0.1, 0.15) is 19.4 Å². The highest BCUT2D eigenvalue weighted by molar-refractivity contribution is 7.99. The monoisotopic (exact) mass is 280 g/mol. The molecule has 0 radical (unpaired) electrons. The second kappa shape index (κ2) is 6.25. The van der Waals surface area contributed by atoms with Crippen molar-refractivity contribution in [2.75, 3.05) is 18.6 Å². The number of hydrogen-bond acceptors (Lipinski definition) is 4. The molecular weight excluding hydrogens is 260 g/mol. The van der Waals surface area contributed by atoms with Crippen LogP contribution in [0.2, 0.25) is 0 Å². The molecule has 0 aliphatic rings. The Balaban J connectivity index is 2.13. The smallest absolute Gasteiger partial charge is 0.275 e. The summed E-state index contributed by atoms with van der Waals surface area (Å²) < 4.78 is 0. The van der Waals surface area contributed by atoms with Crippen molar-refractivity contribution in [3.8, 4) is 0 Å². The Hall–Kier alpha value is -1.27. The van der Waals surface area contributed by atoms with Crippen LogP contribution in [-0.4, -0.2) is 44.4 Å². The van der Waals surface area contributed by atoms with E-state index in [0.717, 1.165) is 29.1 Å². The first-order valence-electron chi connectivity index (χ1n) is 6.45. The molecule has 6 heteroatoms. The number of hydrogen-bond donors (Lipinski definition) is 2. The van der Waals surface area contributed by atoms with E-state index in [1.807, 2.05) is 18.0 Å². The van der Waals surface area contributed by atoms with Crippen molar-refractivity contribution in [3.63, 3.8) is 0 Å². The third kappa shape index (κ3) is 3.19. The molecule has 0 aliphatic carbocycles. The van der Waals surface area contributed by atoms with Gasteiger partial charge in [0.2, 0.25) is 0 Å². The lowest BCUT2D eigenvalue weighted by Gasteiger charge is -2.23. The van der Waals surface area contributed by atoms with Crippen LogP contribution < -0.4 is 5.56 Å². The molecular formula is C13H20N4OS. The Morgan fingerprint density at radius 1 is 1.47 bits per heavy atom. The minimum atomic E-state index is -0.117. The molecule has 1 atom stereocenters. The Bertz CT molecular complexity index is 592. The Labute approximate surface area is 116 Å². The van der Waals surface area contributed by atoms with Gasteiger partial charge in [0.1, 0.15) is 5.52 Å². The number of rotatable bonds is 6. The lowest BCUT2D eigenvalue weighted by atomic mass is 10.2. The van der Waals surface area contributed by atoms with E-state index in [0.29, 0.717) is 11.6 Å². The summed E-state index contributed by atoms with van der Waals surface area (Å²) in [6, 6.07) is 0.497. The van der Waals surface area contributed by atoms with Crippen LogP contribution in [0.15, 0.2) is 17.3 Å². The molecule has 2 heterocycles. The van der Waals surface area contributed by atoms with Gasteiger partial charge >= 0.3 is 0 Å². The molecule has 2 rings (SSSR count). The van der Waals surface area contributed by atoms with E-state index in [4.69, 9.17) is 0 Å². The first-order chi connectivity index (χ1) is 9.13. The summed E-state index contributed by atoms with van der Waals surface area (Å²) in [5.41, 5.74) is 2.28. The highest BCUT2D eigenvalue weighted by atomic mass is 32.2. The lowest BCUT2D eigenvalue weighted by molar-refractivity contribution is 0.270. The molecule has 0 amide bonds. The molecule has 5 nitrogen and oxygen atoms in total. The zero-order chi connectivity index (χ0) is 13.8. The van der Waals surface area contributed by atoms with Crippen LogP contribution in [0, 0.1) is 0 Å². The summed E-state index contributed by atoms with van der Waals surface area (Å²) in [6.07, 6.45) is 3.33. The summed E-state index contributed by atoms with van der Waals surface area (Å²) in [5, 5.41) is 0. The third-order valence-corrected chi connectivity index (χ3v) is 4.41. The van der Waals surface area contributed by atoms with Gasteiger partial charge in [-0.1, -0.05) is 6.92 Å². The molecule has 104 valence electrons. The first kappa shape index (κ1) is 14.1. The lowest BCUT2D eigenvalue weighted by Crippen LogP contribution is -2.30. The summed E-state index contributed by atoms with van der Waals surface area (Å²) in [6.45, 7) is 5.19. The molecule has 19 heavy (non-hydrogen) atoms. The normalized spacial score (nSPS) is 13.3. The third-order valence-electron chi connectivity index (χ3n) is 3.28. The van der Waals surface area contributed by atoms with Crippen LogP contribution in [0.3, 0.4) is 0 Å². The Morgan fingerprint density at radius 2 is 2.26 bits per heavy atom. The summed E-state index contributed by atoms with van der Waals surface area (Å²) in [7, 11) is 2.10. The first-order valence-corrected chi connectivity index (χ1v) is 7.60. The Morgan fingerprint density at radius 3 is 3.00 bits per heavy atom. The van der Waals surface area contributed by atoms with Gasteiger partial charge in [0.05, 0.1) is 11.8 Å². The second-order valence-electron chi connectivity index (χ2n) is 4.69. The van der Waals surface area contributed by atoms with Crippen molar-refractivity contribution in [1.29, 1.82) is 0 Å². The number of fused-ring (bicyclic) bond motifs is 1. The topological polar surface area (TPSA) is 64.8 Å². The number of nitrogens with zero attached hydrogens (tertiary/aromatic N) is 2. The molecule has 0 spiro atoms. The van der Waals surface area contributed by atoms with Crippen molar-refractivity contribution in [1.82, 2.24) is 19.9 Å². The predicted octanol–water partition coefficient (Wildman–Crippen LogP) is 1.82. The summed E-state index contributed by atoms with van der Waals surface area (Å²) in [4.78, 5) is 23.7. The van der Waals surface area contributed by atoms with Gasteiger partial charge in [0, 0.05) is 30.1 Å². The quantitative estimate of drug-likeness (QED) is 0.847. The number of thioether (sulfide) groups is 1. The van der Waals surface area contributed by atoms with Gasteiger partial charge < -0.3 is 9.97 Å². The SMILES string of the molecule is CCSCC(C)N(C)Cc1c[nH]c2c(=O)[nH]cnc12. The van der Waals surface area contributed by atoms with Crippen molar-refractivity contribution in [3.05, 3.63) is 28.4 Å². The molecule has 0 fully saturated rings. The van der Waals surface area contributed by atoms with E-state index in [9.17, 15) is 4.79 Å². The van der Waals surface area contributed by atoms with E-state index in [2.05, 4.69) is 40.7 Å². The zero-order valence-corrected chi connectivity index (χ0v) is 12.4. The fourth-order valence-corrected chi connectivity index (χ4v) is 2.80. The minimum Gasteiger partial charge on any atom is -0.355 e. The second-order valence-corrected chi connectivity index (χ2v) is 6.01. The maximum absolute atomic E-state index is 11.6. The van der Waals surface area contributed by atoms with Crippen LogP contribution in [-0.2, 0) is 6.54 Å². The average molecular weight is 280 g/mol. The zero-order valence-electron chi connectivity index (χ0n) is 11.6. The number of H-pyrrole nitrogens is 2. The largest absolute Gasteiger partial charge is 0.355 e. The maximum atomic E-state index is 11.6. The molecule has 0 aliphatic heterocycles. The van der Waals surface area contributed by atoms with Gasteiger partial charge in [-0.05, 0) is 19.7 Å². The number of aromatic amines is 2. The van der Waals surface area contributed by atoms with Crippen LogP contribution in [0.25, 0.3) is 11.0 Å². The molecule has 0 aromatic carbocycles. The molecule has 2 aromatic heterocycles. The van der Waals surface area contributed by atoms with Crippen molar-refractivity contribution in [2.45, 2.75) is 26.4 Å².